The third-order valence-corrected chi connectivity index (χ3v) is 3.15. The van der Waals surface area contributed by atoms with E-state index >= 15 is 0 Å². The van der Waals surface area contributed by atoms with Crippen molar-refractivity contribution in [3.63, 3.8) is 0 Å². The number of carbonyl (C=O) groups excluding carboxylic acids is 2. The predicted octanol–water partition coefficient (Wildman–Crippen LogP) is 0.696. The van der Waals surface area contributed by atoms with Crippen molar-refractivity contribution in [3.05, 3.63) is 12.0 Å². The molecule has 1 atom stereocenters. The van der Waals surface area contributed by atoms with Gasteiger partial charge in [-0.25, -0.2) is 0 Å². The van der Waals surface area contributed by atoms with Crippen molar-refractivity contribution in [1.82, 2.24) is 4.90 Å². The Morgan fingerprint density at radius 3 is 3.15 bits per heavy atom. The van der Waals surface area contributed by atoms with Crippen LogP contribution in [0.25, 0.3) is 0 Å². The largest absolute Gasteiger partial charge is 0.429 e. The molecule has 2 heterocycles. The number of ether oxygens (including phenoxy) is 1. The first kappa shape index (κ1) is 8.62. The summed E-state index contributed by atoms with van der Waals surface area (Å²) in [5, 5.41) is 0.270. The standard InChI is InChI=1S/C8H9NO3S/c1-5(10)12-6-3-9-7(11)2-8(9)13-4-6/h3,8H,2,4H2,1H3/t8-/m1/s1. The number of nitrogens with zero attached hydrogens (tertiary/aromatic N) is 1. The van der Waals surface area contributed by atoms with Gasteiger partial charge < -0.3 is 9.64 Å². The number of thioether (sulfide) groups is 1. The summed E-state index contributed by atoms with van der Waals surface area (Å²) in [5.41, 5.74) is 0. The number of fused-ring (bicyclic) bond motifs is 1. The monoisotopic (exact) mass is 199 g/mol. The summed E-state index contributed by atoms with van der Waals surface area (Å²) in [4.78, 5) is 23.3. The van der Waals surface area contributed by atoms with Crippen molar-refractivity contribution in [2.75, 3.05) is 5.75 Å². The first-order chi connectivity index (χ1) is 6.16. The summed E-state index contributed by atoms with van der Waals surface area (Å²) in [6.07, 6.45) is 2.24. The lowest BCUT2D eigenvalue weighted by molar-refractivity contribution is -0.140. The molecule has 0 bridgehead atoms. The minimum atomic E-state index is -0.335. The lowest BCUT2D eigenvalue weighted by Crippen LogP contribution is -2.49. The number of hydrogen-bond acceptors (Lipinski definition) is 4. The molecule has 0 aromatic rings. The van der Waals surface area contributed by atoms with Crippen LogP contribution in [-0.4, -0.2) is 27.9 Å². The van der Waals surface area contributed by atoms with Crippen LogP contribution >= 0.6 is 11.8 Å². The number of esters is 1. The maximum absolute atomic E-state index is 11.0. The van der Waals surface area contributed by atoms with Crippen molar-refractivity contribution in [2.45, 2.75) is 18.7 Å². The van der Waals surface area contributed by atoms with Crippen LogP contribution in [0, 0.1) is 0 Å². The molecular weight excluding hydrogens is 190 g/mol. The molecule has 0 aromatic heterocycles. The number of amides is 1. The van der Waals surface area contributed by atoms with E-state index in [-0.39, 0.29) is 17.3 Å². The Kier molecular flexibility index (Phi) is 2.03. The van der Waals surface area contributed by atoms with Gasteiger partial charge in [0.2, 0.25) is 5.91 Å². The molecule has 1 saturated heterocycles. The molecule has 4 nitrogen and oxygen atoms in total. The van der Waals surface area contributed by atoms with Crippen molar-refractivity contribution in [2.24, 2.45) is 0 Å². The van der Waals surface area contributed by atoms with Gasteiger partial charge in [-0.15, -0.1) is 11.8 Å². The molecule has 0 N–H and O–H groups in total. The van der Waals surface area contributed by atoms with E-state index in [2.05, 4.69) is 0 Å². The van der Waals surface area contributed by atoms with Crippen LogP contribution in [0.5, 0.6) is 0 Å². The normalized spacial score (nSPS) is 25.9. The smallest absolute Gasteiger partial charge is 0.307 e. The van der Waals surface area contributed by atoms with Crippen molar-refractivity contribution < 1.29 is 14.3 Å². The van der Waals surface area contributed by atoms with E-state index in [9.17, 15) is 9.59 Å². The first-order valence-corrected chi connectivity index (χ1v) is 5.03. The average Bonchev–Trinajstić information content (AvgIpc) is 2.05. The van der Waals surface area contributed by atoms with Crippen molar-refractivity contribution in [3.8, 4) is 0 Å². The minimum Gasteiger partial charge on any atom is -0.429 e. The summed E-state index contributed by atoms with van der Waals surface area (Å²) >= 11 is 1.63. The van der Waals surface area contributed by atoms with E-state index in [0.717, 1.165) is 0 Å². The molecule has 0 saturated carbocycles. The van der Waals surface area contributed by atoms with E-state index < -0.39 is 0 Å². The summed E-state index contributed by atoms with van der Waals surface area (Å²) in [6, 6.07) is 0. The third kappa shape index (κ3) is 1.56. The van der Waals surface area contributed by atoms with E-state index in [0.29, 0.717) is 17.9 Å². The van der Waals surface area contributed by atoms with Crippen LogP contribution in [0.4, 0.5) is 0 Å². The molecule has 2 rings (SSSR count). The van der Waals surface area contributed by atoms with Gasteiger partial charge >= 0.3 is 5.97 Å². The minimum absolute atomic E-state index is 0.0989. The summed E-state index contributed by atoms with van der Waals surface area (Å²) in [5.74, 6) is 1.01. The molecule has 0 aliphatic carbocycles. The van der Waals surface area contributed by atoms with E-state index in [1.165, 1.54) is 6.92 Å². The topological polar surface area (TPSA) is 46.6 Å². The zero-order valence-corrected chi connectivity index (χ0v) is 7.97. The lowest BCUT2D eigenvalue weighted by Gasteiger charge is -2.40. The molecule has 1 amide bonds. The van der Waals surface area contributed by atoms with Crippen LogP contribution in [0.15, 0.2) is 12.0 Å². The summed E-state index contributed by atoms with van der Waals surface area (Å²) in [6.45, 7) is 1.36. The Labute approximate surface area is 79.9 Å². The molecule has 5 heteroatoms. The fourth-order valence-electron chi connectivity index (χ4n) is 1.31. The number of carbonyl (C=O) groups is 2. The van der Waals surface area contributed by atoms with Gasteiger partial charge in [-0.2, -0.15) is 0 Å². The van der Waals surface area contributed by atoms with Gasteiger partial charge in [-0.3, -0.25) is 9.59 Å². The average molecular weight is 199 g/mol. The van der Waals surface area contributed by atoms with Crippen molar-refractivity contribution >= 4 is 23.6 Å². The molecule has 0 unspecified atom stereocenters. The van der Waals surface area contributed by atoms with E-state index in [1.54, 1.807) is 22.9 Å². The second kappa shape index (κ2) is 3.06. The van der Waals surface area contributed by atoms with Crippen LogP contribution in [0.3, 0.4) is 0 Å². The molecule has 70 valence electrons. The maximum atomic E-state index is 11.0. The fourth-order valence-corrected chi connectivity index (χ4v) is 2.40. The van der Waals surface area contributed by atoms with Gasteiger partial charge in [0.05, 0.1) is 17.5 Å². The highest BCUT2D eigenvalue weighted by molar-refractivity contribution is 8.00. The van der Waals surface area contributed by atoms with Crippen LogP contribution < -0.4 is 0 Å². The van der Waals surface area contributed by atoms with E-state index in [1.807, 2.05) is 0 Å². The lowest BCUT2D eigenvalue weighted by atomic mass is 10.2. The second-order valence-electron chi connectivity index (χ2n) is 2.96. The van der Waals surface area contributed by atoms with Gasteiger partial charge in [0, 0.05) is 13.1 Å². The summed E-state index contributed by atoms with van der Waals surface area (Å²) in [7, 11) is 0. The molecule has 1 fully saturated rings. The molecule has 13 heavy (non-hydrogen) atoms. The highest BCUT2D eigenvalue weighted by Crippen LogP contribution is 2.35. The van der Waals surface area contributed by atoms with Gasteiger partial charge in [-0.05, 0) is 0 Å². The van der Waals surface area contributed by atoms with Crippen LogP contribution in [0.2, 0.25) is 0 Å². The fraction of sp³-hybridized carbons (Fsp3) is 0.500. The molecule has 2 aliphatic rings. The maximum Gasteiger partial charge on any atom is 0.307 e. The zero-order chi connectivity index (χ0) is 9.42. The summed E-state index contributed by atoms with van der Waals surface area (Å²) < 4.78 is 4.90. The SMILES string of the molecule is CC(=O)OC1=CN2C(=O)C[C@H]2SC1. The highest BCUT2D eigenvalue weighted by Gasteiger charge is 2.38. The van der Waals surface area contributed by atoms with E-state index in [4.69, 9.17) is 4.74 Å². The molecular formula is C8H9NO3S. The molecule has 2 aliphatic heterocycles. The first-order valence-electron chi connectivity index (χ1n) is 3.98. The quantitative estimate of drug-likeness (QED) is 0.460. The zero-order valence-electron chi connectivity index (χ0n) is 7.15. The van der Waals surface area contributed by atoms with Gasteiger partial charge in [0.1, 0.15) is 5.76 Å². The van der Waals surface area contributed by atoms with Crippen LogP contribution in [0.1, 0.15) is 13.3 Å². The third-order valence-electron chi connectivity index (χ3n) is 1.92. The number of β-lactam (4-membered cyclic amide) rings is 1. The Hall–Kier alpha value is -0.970. The highest BCUT2D eigenvalue weighted by atomic mass is 32.2. The van der Waals surface area contributed by atoms with Crippen molar-refractivity contribution in [1.29, 1.82) is 0 Å². The van der Waals surface area contributed by atoms with Gasteiger partial charge in [-0.1, -0.05) is 0 Å². The Balaban J connectivity index is 2.05. The predicted molar refractivity (Wildman–Crippen MR) is 47.6 cm³/mol. The Bertz CT molecular complexity index is 300. The number of rotatable bonds is 1. The van der Waals surface area contributed by atoms with Gasteiger partial charge in [0.25, 0.3) is 0 Å². The van der Waals surface area contributed by atoms with Gasteiger partial charge in [0.15, 0.2) is 0 Å². The number of hydrogen-bond donors (Lipinski definition) is 0. The molecule has 0 spiro atoms. The Morgan fingerprint density at radius 2 is 2.54 bits per heavy atom. The molecule has 0 radical (unpaired) electrons. The Morgan fingerprint density at radius 1 is 1.77 bits per heavy atom. The molecule has 0 aromatic carbocycles. The second-order valence-corrected chi connectivity index (χ2v) is 4.13. The van der Waals surface area contributed by atoms with Crippen LogP contribution in [-0.2, 0) is 14.3 Å².